The maximum Gasteiger partial charge on any atom is 0.187 e. The summed E-state index contributed by atoms with van der Waals surface area (Å²) in [7, 11) is -1.32. The third-order valence-corrected chi connectivity index (χ3v) is 3.73. The van der Waals surface area contributed by atoms with Crippen LogP contribution < -0.4 is 0 Å². The summed E-state index contributed by atoms with van der Waals surface area (Å²) in [6, 6.07) is 1.07. The average molecular weight is 168 g/mol. The summed E-state index contributed by atoms with van der Waals surface area (Å²) >= 11 is 0. The molecule has 0 aliphatic carbocycles. The van der Waals surface area contributed by atoms with Crippen LogP contribution in [0.4, 0.5) is 0 Å². The Kier molecular flexibility index (Phi) is 2.55. The van der Waals surface area contributed by atoms with Gasteiger partial charge in [0.25, 0.3) is 0 Å². The molecule has 0 aromatic rings. The van der Waals surface area contributed by atoms with Crippen LogP contribution in [-0.2, 0) is 4.43 Å². The van der Waals surface area contributed by atoms with E-state index in [-0.39, 0.29) is 6.10 Å². The molecule has 1 atom stereocenters. The van der Waals surface area contributed by atoms with Crippen molar-refractivity contribution in [1.82, 2.24) is 0 Å². The van der Waals surface area contributed by atoms with Crippen LogP contribution in [0.3, 0.4) is 0 Å². The second-order valence-corrected chi connectivity index (χ2v) is 8.02. The van der Waals surface area contributed by atoms with Gasteiger partial charge in [-0.25, -0.2) is 0 Å². The largest absolute Gasteiger partial charge is 0.414 e. The highest BCUT2D eigenvalue weighted by atomic mass is 28.4. The fourth-order valence-electron chi connectivity index (χ4n) is 1.26. The first kappa shape index (κ1) is 9.01. The van der Waals surface area contributed by atoms with Crippen LogP contribution >= 0.6 is 0 Å². The molecule has 1 saturated heterocycles. The molecule has 1 nitrogen and oxygen atoms in total. The zero-order valence-electron chi connectivity index (χ0n) is 7.61. The summed E-state index contributed by atoms with van der Waals surface area (Å²) in [4.78, 5) is 0. The molecular formula is C9H16OSi. The van der Waals surface area contributed by atoms with Gasteiger partial charge in [0, 0.05) is 6.42 Å². The van der Waals surface area contributed by atoms with Crippen molar-refractivity contribution in [2.75, 3.05) is 0 Å². The molecule has 2 radical (unpaired) electrons. The summed E-state index contributed by atoms with van der Waals surface area (Å²) in [6.45, 7) is 10.4. The van der Waals surface area contributed by atoms with E-state index in [1.165, 1.54) is 5.57 Å². The van der Waals surface area contributed by atoms with Gasteiger partial charge in [0.1, 0.15) is 0 Å². The Bertz CT molecular complexity index is 163. The van der Waals surface area contributed by atoms with E-state index in [0.29, 0.717) is 0 Å². The van der Waals surface area contributed by atoms with E-state index in [4.69, 9.17) is 4.43 Å². The minimum absolute atomic E-state index is 0.245. The smallest absolute Gasteiger partial charge is 0.187 e. The number of hydrogen-bond donors (Lipinski definition) is 0. The van der Waals surface area contributed by atoms with Gasteiger partial charge in [-0.3, -0.25) is 0 Å². The van der Waals surface area contributed by atoms with Gasteiger partial charge in [-0.05, 0) is 32.5 Å². The van der Waals surface area contributed by atoms with E-state index in [1.54, 1.807) is 0 Å². The quantitative estimate of drug-likeness (QED) is 0.455. The minimum atomic E-state index is -1.32. The van der Waals surface area contributed by atoms with E-state index in [0.717, 1.165) is 12.5 Å². The molecule has 1 fully saturated rings. The highest BCUT2D eigenvalue weighted by Gasteiger charge is 2.34. The lowest BCUT2D eigenvalue weighted by molar-refractivity contribution is 0.252. The van der Waals surface area contributed by atoms with Crippen LogP contribution in [0.2, 0.25) is 19.1 Å². The maximum atomic E-state index is 5.83. The van der Waals surface area contributed by atoms with Crippen LogP contribution in [0.5, 0.6) is 0 Å². The Morgan fingerprint density at radius 3 is 2.73 bits per heavy atom. The molecular weight excluding hydrogens is 152 g/mol. The van der Waals surface area contributed by atoms with E-state index in [9.17, 15) is 0 Å². The van der Waals surface area contributed by atoms with Gasteiger partial charge in [-0.1, -0.05) is 5.57 Å². The second-order valence-electron chi connectivity index (χ2n) is 3.91. The van der Waals surface area contributed by atoms with Crippen LogP contribution in [0, 0.1) is 6.42 Å². The van der Waals surface area contributed by atoms with E-state index in [1.807, 2.05) is 6.92 Å². The van der Waals surface area contributed by atoms with Crippen molar-refractivity contribution in [3.05, 3.63) is 18.6 Å². The molecule has 2 heteroatoms. The van der Waals surface area contributed by atoms with Gasteiger partial charge in [0.05, 0.1) is 6.10 Å². The van der Waals surface area contributed by atoms with Crippen molar-refractivity contribution in [2.45, 2.75) is 38.6 Å². The summed E-state index contributed by atoms with van der Waals surface area (Å²) in [5, 5.41) is 0. The zero-order valence-corrected chi connectivity index (χ0v) is 8.61. The lowest BCUT2D eigenvalue weighted by Gasteiger charge is -2.16. The first-order valence-corrected chi connectivity index (χ1v) is 7.17. The lowest BCUT2D eigenvalue weighted by atomic mass is 10.1. The SMILES string of the molecule is C=C(C)CC1[C]C[Si](C)(C)O1. The van der Waals surface area contributed by atoms with Crippen LogP contribution in [0.25, 0.3) is 0 Å². The monoisotopic (exact) mass is 168 g/mol. The Labute approximate surface area is 70.6 Å². The number of hydrogen-bond acceptors (Lipinski definition) is 1. The molecule has 1 rings (SSSR count). The third kappa shape index (κ3) is 2.79. The van der Waals surface area contributed by atoms with Crippen molar-refractivity contribution in [2.24, 2.45) is 0 Å². The Morgan fingerprint density at radius 1 is 1.73 bits per heavy atom. The molecule has 0 spiro atoms. The maximum absolute atomic E-state index is 5.83. The van der Waals surface area contributed by atoms with Gasteiger partial charge >= 0.3 is 0 Å². The van der Waals surface area contributed by atoms with E-state index in [2.05, 4.69) is 26.1 Å². The molecule has 11 heavy (non-hydrogen) atoms. The van der Waals surface area contributed by atoms with Gasteiger partial charge in [0.15, 0.2) is 8.32 Å². The standard InChI is InChI=1S/C9H16OSi/c1-8(2)7-9-5-6-11(3,4)10-9/h9H,1,6-7H2,2-4H3. The molecule has 62 valence electrons. The zero-order chi connectivity index (χ0) is 8.48. The second kappa shape index (κ2) is 3.11. The fourth-order valence-corrected chi connectivity index (χ4v) is 3.00. The minimum Gasteiger partial charge on any atom is -0.414 e. The summed E-state index contributed by atoms with van der Waals surface area (Å²) in [5.74, 6) is 0. The average Bonchev–Trinajstić information content (AvgIpc) is 2.08. The van der Waals surface area contributed by atoms with Crippen LogP contribution in [0.15, 0.2) is 12.2 Å². The Morgan fingerprint density at radius 2 is 2.36 bits per heavy atom. The van der Waals surface area contributed by atoms with Crippen LogP contribution in [0.1, 0.15) is 13.3 Å². The molecule has 1 heterocycles. The molecule has 0 saturated carbocycles. The molecule has 1 unspecified atom stereocenters. The molecule has 1 aliphatic rings. The van der Waals surface area contributed by atoms with Crippen molar-refractivity contribution < 1.29 is 4.43 Å². The summed E-state index contributed by atoms with van der Waals surface area (Å²) in [6.07, 6.45) is 4.56. The third-order valence-electron chi connectivity index (χ3n) is 1.75. The Balaban J connectivity index is 2.36. The van der Waals surface area contributed by atoms with Crippen molar-refractivity contribution in [1.29, 1.82) is 0 Å². The first-order valence-electron chi connectivity index (χ1n) is 4.05. The summed E-state index contributed by atoms with van der Waals surface area (Å²) < 4.78 is 5.83. The highest BCUT2D eigenvalue weighted by molar-refractivity contribution is 6.72. The molecule has 0 N–H and O–H groups in total. The topological polar surface area (TPSA) is 9.23 Å². The van der Waals surface area contributed by atoms with Gasteiger partial charge in [0.2, 0.25) is 0 Å². The fraction of sp³-hybridized carbons (Fsp3) is 0.667. The van der Waals surface area contributed by atoms with E-state index < -0.39 is 8.32 Å². The highest BCUT2D eigenvalue weighted by Crippen LogP contribution is 2.29. The van der Waals surface area contributed by atoms with Crippen molar-refractivity contribution in [3.63, 3.8) is 0 Å². The molecule has 0 aromatic heterocycles. The molecule has 0 bridgehead atoms. The first-order chi connectivity index (χ1) is 4.99. The predicted molar refractivity (Wildman–Crippen MR) is 49.8 cm³/mol. The molecule has 1 aliphatic heterocycles. The molecule has 0 amide bonds. The lowest BCUT2D eigenvalue weighted by Crippen LogP contribution is -2.25. The van der Waals surface area contributed by atoms with Crippen molar-refractivity contribution >= 4 is 8.32 Å². The normalized spacial score (nSPS) is 28.8. The van der Waals surface area contributed by atoms with Gasteiger partial charge in [-0.15, -0.1) is 6.58 Å². The van der Waals surface area contributed by atoms with Crippen molar-refractivity contribution in [3.8, 4) is 0 Å². The van der Waals surface area contributed by atoms with E-state index >= 15 is 0 Å². The molecule has 0 aromatic carbocycles. The van der Waals surface area contributed by atoms with Gasteiger partial charge in [-0.2, -0.15) is 0 Å². The Hall–Kier alpha value is -0.0831. The predicted octanol–water partition coefficient (Wildman–Crippen LogP) is 2.64. The van der Waals surface area contributed by atoms with Crippen LogP contribution in [-0.4, -0.2) is 14.4 Å². The number of rotatable bonds is 2. The summed E-state index contributed by atoms with van der Waals surface area (Å²) in [5.41, 5.74) is 1.19. The van der Waals surface area contributed by atoms with Gasteiger partial charge < -0.3 is 4.43 Å².